The number of aliphatic hydroxyl groups is 1. The molecule has 0 fully saturated rings. The van der Waals surface area contributed by atoms with Gasteiger partial charge in [0, 0.05) is 12.6 Å². The van der Waals surface area contributed by atoms with E-state index in [1.807, 2.05) is 45.9 Å². The Morgan fingerprint density at radius 3 is 2.53 bits per heavy atom. The van der Waals surface area contributed by atoms with E-state index in [-0.39, 0.29) is 25.2 Å². The van der Waals surface area contributed by atoms with E-state index in [0.717, 1.165) is 5.56 Å². The van der Waals surface area contributed by atoms with Crippen LogP contribution < -0.4 is 4.74 Å². The van der Waals surface area contributed by atoms with Gasteiger partial charge in [-0.05, 0) is 51.0 Å². The van der Waals surface area contributed by atoms with Crippen LogP contribution in [-0.2, 0) is 4.79 Å². The Hall–Kier alpha value is -1.55. The molecule has 0 aliphatic heterocycles. The Labute approximate surface area is 115 Å². The van der Waals surface area contributed by atoms with Crippen molar-refractivity contribution in [3.8, 4) is 5.75 Å². The van der Waals surface area contributed by atoms with E-state index in [9.17, 15) is 4.79 Å². The maximum atomic E-state index is 12.0. The zero-order valence-corrected chi connectivity index (χ0v) is 12.1. The Balaban J connectivity index is 2.59. The van der Waals surface area contributed by atoms with E-state index in [0.29, 0.717) is 12.3 Å². The van der Waals surface area contributed by atoms with Gasteiger partial charge >= 0.3 is 0 Å². The van der Waals surface area contributed by atoms with Gasteiger partial charge in [0.1, 0.15) is 5.75 Å². The first-order chi connectivity index (χ1) is 8.95. The van der Waals surface area contributed by atoms with Crippen LogP contribution in [0.4, 0.5) is 0 Å². The van der Waals surface area contributed by atoms with Gasteiger partial charge < -0.3 is 14.7 Å². The number of rotatable bonds is 6. The molecule has 4 heteroatoms. The monoisotopic (exact) mass is 265 g/mol. The third kappa shape index (κ3) is 4.56. The zero-order chi connectivity index (χ0) is 14.4. The van der Waals surface area contributed by atoms with Crippen LogP contribution in [0.1, 0.15) is 25.0 Å². The van der Waals surface area contributed by atoms with Gasteiger partial charge in [-0.15, -0.1) is 0 Å². The largest absolute Gasteiger partial charge is 0.484 e. The summed E-state index contributed by atoms with van der Waals surface area (Å²) in [5.74, 6) is 0.589. The highest BCUT2D eigenvalue weighted by molar-refractivity contribution is 5.78. The van der Waals surface area contributed by atoms with Gasteiger partial charge in [-0.1, -0.05) is 6.07 Å². The molecule has 1 aromatic rings. The Bertz CT molecular complexity index is 429. The molecule has 0 spiro atoms. The summed E-state index contributed by atoms with van der Waals surface area (Å²) in [4.78, 5) is 13.6. The van der Waals surface area contributed by atoms with E-state index < -0.39 is 0 Å². The van der Waals surface area contributed by atoms with Crippen LogP contribution in [0.25, 0.3) is 0 Å². The van der Waals surface area contributed by atoms with Crippen molar-refractivity contribution >= 4 is 5.91 Å². The van der Waals surface area contributed by atoms with E-state index in [4.69, 9.17) is 9.84 Å². The first-order valence-corrected chi connectivity index (χ1v) is 6.56. The lowest BCUT2D eigenvalue weighted by molar-refractivity contribution is -0.135. The Kier molecular flexibility index (Phi) is 5.83. The van der Waals surface area contributed by atoms with Crippen LogP contribution in [0, 0.1) is 13.8 Å². The molecule has 1 aromatic carbocycles. The standard InChI is InChI=1S/C15H23NO3/c1-11(2)16(7-8-17)15(18)10-19-14-6-5-12(3)13(4)9-14/h5-6,9,11,17H,7-8,10H2,1-4H3. The van der Waals surface area contributed by atoms with Gasteiger partial charge in [0.15, 0.2) is 6.61 Å². The number of aryl methyl sites for hydroxylation is 2. The second-order valence-electron chi connectivity index (χ2n) is 4.94. The van der Waals surface area contributed by atoms with Crippen molar-refractivity contribution in [1.29, 1.82) is 0 Å². The average molecular weight is 265 g/mol. The third-order valence-corrected chi connectivity index (χ3v) is 3.13. The van der Waals surface area contributed by atoms with Gasteiger partial charge in [-0.3, -0.25) is 4.79 Å². The van der Waals surface area contributed by atoms with Crippen molar-refractivity contribution in [1.82, 2.24) is 4.90 Å². The first-order valence-electron chi connectivity index (χ1n) is 6.56. The number of nitrogens with zero attached hydrogens (tertiary/aromatic N) is 1. The molecule has 1 rings (SSSR count). The summed E-state index contributed by atoms with van der Waals surface area (Å²) in [5.41, 5.74) is 2.34. The summed E-state index contributed by atoms with van der Waals surface area (Å²) < 4.78 is 5.51. The van der Waals surface area contributed by atoms with E-state index >= 15 is 0 Å². The molecule has 4 nitrogen and oxygen atoms in total. The van der Waals surface area contributed by atoms with Crippen molar-refractivity contribution in [3.63, 3.8) is 0 Å². The molecule has 0 heterocycles. The quantitative estimate of drug-likeness (QED) is 0.855. The summed E-state index contributed by atoms with van der Waals surface area (Å²) in [7, 11) is 0. The molecule has 0 radical (unpaired) electrons. The highest BCUT2D eigenvalue weighted by Gasteiger charge is 2.16. The molecule has 1 amide bonds. The third-order valence-electron chi connectivity index (χ3n) is 3.13. The first kappa shape index (κ1) is 15.5. The number of amides is 1. The topological polar surface area (TPSA) is 49.8 Å². The second-order valence-corrected chi connectivity index (χ2v) is 4.94. The van der Waals surface area contributed by atoms with E-state index in [2.05, 4.69) is 0 Å². The summed E-state index contributed by atoms with van der Waals surface area (Å²) in [5, 5.41) is 8.95. The highest BCUT2D eigenvalue weighted by Crippen LogP contribution is 2.16. The van der Waals surface area contributed by atoms with Gasteiger partial charge in [-0.2, -0.15) is 0 Å². The highest BCUT2D eigenvalue weighted by atomic mass is 16.5. The minimum absolute atomic E-state index is 0.000676. The molecule has 0 aliphatic carbocycles. The fourth-order valence-corrected chi connectivity index (χ4v) is 1.81. The van der Waals surface area contributed by atoms with Crippen LogP contribution in [0.15, 0.2) is 18.2 Å². The SMILES string of the molecule is Cc1ccc(OCC(=O)N(CCO)C(C)C)cc1C. The summed E-state index contributed by atoms with van der Waals surface area (Å²) in [6.45, 7) is 8.19. The molecule has 0 saturated carbocycles. The van der Waals surface area contributed by atoms with Crippen molar-refractivity contribution < 1.29 is 14.6 Å². The van der Waals surface area contributed by atoms with Gasteiger partial charge in [0.05, 0.1) is 6.61 Å². The van der Waals surface area contributed by atoms with Crippen LogP contribution in [0.5, 0.6) is 5.75 Å². The maximum absolute atomic E-state index is 12.0. The lowest BCUT2D eigenvalue weighted by Crippen LogP contribution is -2.41. The average Bonchev–Trinajstić information content (AvgIpc) is 2.36. The second kappa shape index (κ2) is 7.14. The van der Waals surface area contributed by atoms with Crippen molar-refractivity contribution in [3.05, 3.63) is 29.3 Å². The molecule has 1 N–H and O–H groups in total. The molecule has 0 unspecified atom stereocenters. The molecule has 0 bridgehead atoms. The Morgan fingerprint density at radius 2 is 2.00 bits per heavy atom. The zero-order valence-electron chi connectivity index (χ0n) is 12.1. The number of ether oxygens (including phenoxy) is 1. The summed E-state index contributed by atoms with van der Waals surface area (Å²) in [6.07, 6.45) is 0. The van der Waals surface area contributed by atoms with Crippen LogP contribution in [0.2, 0.25) is 0 Å². The number of aliphatic hydroxyl groups excluding tert-OH is 1. The fraction of sp³-hybridized carbons (Fsp3) is 0.533. The molecule has 0 aromatic heterocycles. The molecule has 106 valence electrons. The summed E-state index contributed by atoms with van der Waals surface area (Å²) in [6, 6.07) is 5.82. The molecule has 0 saturated heterocycles. The number of hydrogen-bond donors (Lipinski definition) is 1. The van der Waals surface area contributed by atoms with Gasteiger partial charge in [0.2, 0.25) is 0 Å². The van der Waals surface area contributed by atoms with Crippen molar-refractivity contribution in [2.45, 2.75) is 33.7 Å². The lowest BCUT2D eigenvalue weighted by Gasteiger charge is -2.25. The molecule has 0 atom stereocenters. The number of carbonyl (C=O) groups is 1. The lowest BCUT2D eigenvalue weighted by atomic mass is 10.1. The van der Waals surface area contributed by atoms with Crippen LogP contribution in [0.3, 0.4) is 0 Å². The van der Waals surface area contributed by atoms with Crippen molar-refractivity contribution in [2.75, 3.05) is 19.8 Å². The minimum atomic E-state index is -0.109. The fourth-order valence-electron chi connectivity index (χ4n) is 1.81. The molecule has 0 aliphatic rings. The predicted molar refractivity (Wildman–Crippen MR) is 75.3 cm³/mol. The maximum Gasteiger partial charge on any atom is 0.260 e. The summed E-state index contributed by atoms with van der Waals surface area (Å²) >= 11 is 0. The number of benzene rings is 1. The van der Waals surface area contributed by atoms with Crippen LogP contribution >= 0.6 is 0 Å². The number of carbonyl (C=O) groups excluding carboxylic acids is 1. The van der Waals surface area contributed by atoms with Crippen molar-refractivity contribution in [2.24, 2.45) is 0 Å². The smallest absolute Gasteiger partial charge is 0.260 e. The van der Waals surface area contributed by atoms with E-state index in [1.165, 1.54) is 5.56 Å². The predicted octanol–water partition coefficient (Wildman–Crippen LogP) is 1.91. The molecular weight excluding hydrogens is 242 g/mol. The minimum Gasteiger partial charge on any atom is -0.484 e. The molecular formula is C15H23NO3. The Morgan fingerprint density at radius 1 is 1.32 bits per heavy atom. The normalized spacial score (nSPS) is 10.6. The van der Waals surface area contributed by atoms with Gasteiger partial charge in [0.25, 0.3) is 5.91 Å². The van der Waals surface area contributed by atoms with E-state index in [1.54, 1.807) is 4.90 Å². The molecule has 19 heavy (non-hydrogen) atoms. The van der Waals surface area contributed by atoms with Crippen LogP contribution in [-0.4, -0.2) is 41.7 Å². The number of hydrogen-bond acceptors (Lipinski definition) is 3. The van der Waals surface area contributed by atoms with Gasteiger partial charge in [-0.25, -0.2) is 0 Å².